The van der Waals surface area contributed by atoms with Crippen molar-refractivity contribution in [2.45, 2.75) is 64.5 Å². The van der Waals surface area contributed by atoms with Crippen molar-refractivity contribution in [3.63, 3.8) is 0 Å². The van der Waals surface area contributed by atoms with E-state index in [1.165, 1.54) is 5.56 Å². The third-order valence-electron chi connectivity index (χ3n) is 7.16. The highest BCUT2D eigenvalue weighted by atomic mass is 16.3. The van der Waals surface area contributed by atoms with E-state index in [4.69, 9.17) is 4.42 Å². The molecule has 0 fully saturated rings. The molecule has 38 heavy (non-hydrogen) atoms. The van der Waals surface area contributed by atoms with Gasteiger partial charge in [-0.05, 0) is 78.1 Å². The van der Waals surface area contributed by atoms with Gasteiger partial charge in [0.1, 0.15) is 6.17 Å². The fourth-order valence-electron chi connectivity index (χ4n) is 4.98. The monoisotopic (exact) mass is 510 g/mol. The maximum Gasteiger partial charge on any atom is 0.267 e. The van der Waals surface area contributed by atoms with Crippen molar-refractivity contribution in [2.24, 2.45) is 0 Å². The summed E-state index contributed by atoms with van der Waals surface area (Å²) in [6.45, 7) is 6.54. The Balaban J connectivity index is 1.34. The highest BCUT2D eigenvalue weighted by Crippen LogP contribution is 2.26. The van der Waals surface area contributed by atoms with E-state index in [0.29, 0.717) is 12.0 Å². The van der Waals surface area contributed by atoms with E-state index in [-0.39, 0.29) is 16.9 Å². The van der Waals surface area contributed by atoms with Gasteiger partial charge in [-0.3, -0.25) is 9.59 Å². The number of furan rings is 1. The molecule has 0 saturated heterocycles. The van der Waals surface area contributed by atoms with Crippen molar-refractivity contribution < 1.29 is 9.21 Å². The lowest BCUT2D eigenvalue weighted by atomic mass is 9.87. The summed E-state index contributed by atoms with van der Waals surface area (Å²) in [5.41, 5.74) is 7.26. The molecule has 1 aliphatic rings. The Morgan fingerprint density at radius 1 is 1.05 bits per heavy atom. The number of hydrogen-bond acceptors (Lipinski definition) is 5. The molecule has 7 nitrogen and oxygen atoms in total. The van der Waals surface area contributed by atoms with Crippen molar-refractivity contribution >= 4 is 11.6 Å². The molecule has 1 aliphatic carbocycles. The van der Waals surface area contributed by atoms with Crippen molar-refractivity contribution in [3.8, 4) is 0 Å². The number of fused-ring (bicyclic) bond motifs is 1. The van der Waals surface area contributed by atoms with Gasteiger partial charge in [0.05, 0.1) is 18.2 Å². The van der Waals surface area contributed by atoms with Crippen LogP contribution in [0.1, 0.15) is 83.6 Å². The first kappa shape index (κ1) is 25.5. The summed E-state index contributed by atoms with van der Waals surface area (Å²) in [5.74, 6) is -0.201. The number of aromatic amines is 1. The van der Waals surface area contributed by atoms with Crippen LogP contribution >= 0.6 is 0 Å². The Kier molecular flexibility index (Phi) is 7.18. The summed E-state index contributed by atoms with van der Waals surface area (Å²) in [6.07, 6.45) is 7.07. The van der Waals surface area contributed by atoms with Crippen LogP contribution in [-0.2, 0) is 24.7 Å². The van der Waals surface area contributed by atoms with Gasteiger partial charge in [0.2, 0.25) is 0 Å². The summed E-state index contributed by atoms with van der Waals surface area (Å²) in [5, 5.41) is 13.5. The zero-order valence-electron chi connectivity index (χ0n) is 22.1. The Hall–Kier alpha value is -4.13. The Bertz CT molecular complexity index is 1460. The molecule has 196 valence electrons. The molecule has 4 aromatic rings. The molecular weight excluding hydrogens is 476 g/mol. The Morgan fingerprint density at radius 2 is 1.82 bits per heavy atom. The largest absolute Gasteiger partial charge is 0.472 e. The Morgan fingerprint density at radius 3 is 2.53 bits per heavy atom. The van der Waals surface area contributed by atoms with Gasteiger partial charge in [-0.1, -0.05) is 45.0 Å². The van der Waals surface area contributed by atoms with Crippen LogP contribution in [0, 0.1) is 0 Å². The van der Waals surface area contributed by atoms with Crippen molar-refractivity contribution in [2.75, 3.05) is 5.32 Å². The fraction of sp³-hybridized carbons (Fsp3) is 0.323. The summed E-state index contributed by atoms with van der Waals surface area (Å²) in [7, 11) is 0. The topological polar surface area (TPSA) is 100 Å². The number of H-pyrrole nitrogens is 1. The maximum absolute atomic E-state index is 13.4. The van der Waals surface area contributed by atoms with Crippen LogP contribution in [0.5, 0.6) is 0 Å². The third kappa shape index (κ3) is 5.72. The van der Waals surface area contributed by atoms with Crippen LogP contribution < -0.4 is 16.2 Å². The molecule has 1 atom stereocenters. The summed E-state index contributed by atoms with van der Waals surface area (Å²) < 4.78 is 5.30. The van der Waals surface area contributed by atoms with E-state index in [2.05, 4.69) is 53.7 Å². The SMILES string of the molecule is CC(C)(C)c1ccc(NC(NC(=O)c2cccc(Cc3n[nH]c(=O)c4c3CCCC4)c2)c2ccoc2)cc1. The molecule has 0 radical (unpaired) electrons. The molecule has 0 spiro atoms. The second-order valence-corrected chi connectivity index (χ2v) is 11.0. The average molecular weight is 511 g/mol. The van der Waals surface area contributed by atoms with Crippen LogP contribution in [0.3, 0.4) is 0 Å². The predicted molar refractivity (Wildman–Crippen MR) is 148 cm³/mol. The van der Waals surface area contributed by atoms with Gasteiger partial charge in [0, 0.05) is 28.8 Å². The van der Waals surface area contributed by atoms with Crippen LogP contribution in [0.25, 0.3) is 0 Å². The van der Waals surface area contributed by atoms with E-state index >= 15 is 0 Å². The maximum atomic E-state index is 13.4. The minimum Gasteiger partial charge on any atom is -0.472 e. The van der Waals surface area contributed by atoms with Crippen molar-refractivity contribution in [3.05, 3.63) is 117 Å². The third-order valence-corrected chi connectivity index (χ3v) is 7.16. The van der Waals surface area contributed by atoms with Gasteiger partial charge in [-0.15, -0.1) is 0 Å². The quantitative estimate of drug-likeness (QED) is 0.278. The lowest BCUT2D eigenvalue weighted by molar-refractivity contribution is 0.0941. The number of carbonyl (C=O) groups excluding carboxylic acids is 1. The molecule has 0 saturated carbocycles. The van der Waals surface area contributed by atoms with Gasteiger partial charge < -0.3 is 15.1 Å². The molecule has 2 heterocycles. The number of hydrogen-bond donors (Lipinski definition) is 3. The molecule has 7 heteroatoms. The van der Waals surface area contributed by atoms with E-state index in [0.717, 1.165) is 59.3 Å². The summed E-state index contributed by atoms with van der Waals surface area (Å²) in [4.78, 5) is 25.6. The number of anilines is 1. The second kappa shape index (κ2) is 10.7. The normalized spacial score (nSPS) is 14.0. The first-order valence-corrected chi connectivity index (χ1v) is 13.2. The van der Waals surface area contributed by atoms with Gasteiger partial charge in [-0.25, -0.2) is 5.10 Å². The lowest BCUT2D eigenvalue weighted by Gasteiger charge is -2.22. The summed E-state index contributed by atoms with van der Waals surface area (Å²) in [6, 6.07) is 17.7. The molecule has 5 rings (SSSR count). The molecule has 2 aromatic carbocycles. The molecule has 2 aromatic heterocycles. The van der Waals surface area contributed by atoms with E-state index in [1.807, 2.05) is 36.4 Å². The fourth-order valence-corrected chi connectivity index (χ4v) is 4.98. The van der Waals surface area contributed by atoms with Gasteiger partial charge in [0.15, 0.2) is 0 Å². The number of aromatic nitrogens is 2. The minimum absolute atomic E-state index is 0.0611. The molecule has 3 N–H and O–H groups in total. The number of carbonyl (C=O) groups is 1. The van der Waals surface area contributed by atoms with Crippen LogP contribution in [0.2, 0.25) is 0 Å². The lowest BCUT2D eigenvalue weighted by Crippen LogP contribution is -2.33. The van der Waals surface area contributed by atoms with Crippen LogP contribution in [0.15, 0.2) is 76.3 Å². The first-order chi connectivity index (χ1) is 18.3. The Labute approximate surface area is 222 Å². The van der Waals surface area contributed by atoms with Gasteiger partial charge in [0.25, 0.3) is 11.5 Å². The average Bonchev–Trinajstić information content (AvgIpc) is 3.45. The standard InChI is InChI=1S/C31H34N4O3/c1-31(2,3)23-11-13-24(14-12-23)32-28(22-15-16-38-19-22)33-29(36)21-8-6-7-20(17-21)18-27-25-9-4-5-10-26(25)30(37)35-34-27/h6-8,11-17,19,28,32H,4-5,9-10,18H2,1-3H3,(H,33,36)(H,35,37). The zero-order valence-corrected chi connectivity index (χ0v) is 22.1. The van der Waals surface area contributed by atoms with E-state index in [9.17, 15) is 9.59 Å². The molecule has 1 amide bonds. The van der Waals surface area contributed by atoms with Crippen molar-refractivity contribution in [1.82, 2.24) is 15.5 Å². The van der Waals surface area contributed by atoms with E-state index < -0.39 is 6.17 Å². The smallest absolute Gasteiger partial charge is 0.267 e. The van der Waals surface area contributed by atoms with Crippen LogP contribution in [-0.4, -0.2) is 16.1 Å². The van der Waals surface area contributed by atoms with Gasteiger partial charge in [-0.2, -0.15) is 5.10 Å². The number of rotatable bonds is 7. The van der Waals surface area contributed by atoms with Crippen molar-refractivity contribution in [1.29, 1.82) is 0 Å². The predicted octanol–water partition coefficient (Wildman–Crippen LogP) is 5.67. The summed E-state index contributed by atoms with van der Waals surface area (Å²) >= 11 is 0. The van der Waals surface area contributed by atoms with Gasteiger partial charge >= 0.3 is 0 Å². The highest BCUT2D eigenvalue weighted by Gasteiger charge is 2.20. The number of benzene rings is 2. The molecule has 1 unspecified atom stereocenters. The minimum atomic E-state index is -0.474. The molecular formula is C31H34N4O3. The highest BCUT2D eigenvalue weighted by molar-refractivity contribution is 5.94. The number of nitrogens with zero attached hydrogens (tertiary/aromatic N) is 1. The second-order valence-electron chi connectivity index (χ2n) is 11.0. The molecule has 0 bridgehead atoms. The van der Waals surface area contributed by atoms with E-state index in [1.54, 1.807) is 18.6 Å². The number of nitrogens with one attached hydrogen (secondary N) is 3. The van der Waals surface area contributed by atoms with Crippen LogP contribution in [0.4, 0.5) is 5.69 Å². The molecule has 0 aliphatic heterocycles. The first-order valence-electron chi connectivity index (χ1n) is 13.2. The number of amides is 1. The zero-order chi connectivity index (χ0) is 26.7.